The summed E-state index contributed by atoms with van der Waals surface area (Å²) >= 11 is 0. The van der Waals surface area contributed by atoms with E-state index in [0.29, 0.717) is 6.04 Å². The normalized spacial score (nSPS) is 23.7. The van der Waals surface area contributed by atoms with E-state index in [1.165, 1.54) is 0 Å². The van der Waals surface area contributed by atoms with Gasteiger partial charge in [0, 0.05) is 38.4 Å². The summed E-state index contributed by atoms with van der Waals surface area (Å²) < 4.78 is 0. The maximum Gasteiger partial charge on any atom is 0.225 e. The molecule has 1 amide bonds. The maximum absolute atomic E-state index is 12.6. The van der Waals surface area contributed by atoms with Crippen LogP contribution in [0, 0.1) is 5.92 Å². The lowest BCUT2D eigenvalue weighted by atomic mass is 9.95. The minimum absolute atomic E-state index is 0.0926. The molecule has 2 aliphatic rings. The number of nitrogens with zero attached hydrogens (tertiary/aromatic N) is 3. The van der Waals surface area contributed by atoms with Crippen LogP contribution in [0.5, 0.6) is 0 Å². The van der Waals surface area contributed by atoms with Crippen molar-refractivity contribution < 1.29 is 4.79 Å². The molecule has 3 rings (SSSR count). The number of hydrogen-bond acceptors (Lipinski definition) is 4. The molecule has 1 atom stereocenters. The van der Waals surface area contributed by atoms with E-state index in [4.69, 9.17) is 0 Å². The van der Waals surface area contributed by atoms with E-state index in [9.17, 15) is 4.79 Å². The van der Waals surface area contributed by atoms with E-state index in [1.54, 1.807) is 0 Å². The number of carbonyl (C=O) groups excluding carboxylic acids is 1. The largest absolute Gasteiger partial charge is 0.356 e. The molecule has 0 saturated carbocycles. The number of rotatable bonds is 4. The van der Waals surface area contributed by atoms with Gasteiger partial charge in [0.15, 0.2) is 0 Å². The third-order valence-electron chi connectivity index (χ3n) is 5.15. The summed E-state index contributed by atoms with van der Waals surface area (Å²) in [5.41, 5.74) is 0. The van der Waals surface area contributed by atoms with Gasteiger partial charge in [-0.05, 0) is 44.4 Å². The maximum atomic E-state index is 12.6. The van der Waals surface area contributed by atoms with Crippen LogP contribution in [0.3, 0.4) is 0 Å². The van der Waals surface area contributed by atoms with Crippen LogP contribution in [-0.2, 0) is 4.79 Å². The van der Waals surface area contributed by atoms with Gasteiger partial charge in [0.2, 0.25) is 5.91 Å². The molecule has 1 aromatic heterocycles. The smallest absolute Gasteiger partial charge is 0.225 e. The number of amides is 1. The third-order valence-corrected chi connectivity index (χ3v) is 5.15. The predicted molar refractivity (Wildman–Crippen MR) is 92.5 cm³/mol. The molecule has 23 heavy (non-hydrogen) atoms. The van der Waals surface area contributed by atoms with Gasteiger partial charge in [-0.2, -0.15) is 0 Å². The van der Waals surface area contributed by atoms with Crippen molar-refractivity contribution >= 4 is 11.7 Å². The van der Waals surface area contributed by atoms with Crippen molar-refractivity contribution in [3.63, 3.8) is 0 Å². The van der Waals surface area contributed by atoms with Gasteiger partial charge in [0.05, 0.1) is 5.92 Å². The Morgan fingerprint density at radius 1 is 1.26 bits per heavy atom. The van der Waals surface area contributed by atoms with E-state index in [2.05, 4.69) is 27.0 Å². The third kappa shape index (κ3) is 4.22. The van der Waals surface area contributed by atoms with Crippen molar-refractivity contribution in [2.45, 2.75) is 38.6 Å². The number of pyridine rings is 1. The molecule has 3 heterocycles. The Kier molecular flexibility index (Phi) is 5.49. The fraction of sp³-hybridized carbons (Fsp3) is 0.667. The average Bonchev–Trinajstić information content (AvgIpc) is 2.63. The topological polar surface area (TPSA) is 48.5 Å². The number of hydrogen-bond donors (Lipinski definition) is 1. The number of nitrogens with one attached hydrogen (secondary N) is 1. The molecule has 5 heteroatoms. The van der Waals surface area contributed by atoms with Gasteiger partial charge in [-0.25, -0.2) is 4.98 Å². The summed E-state index contributed by atoms with van der Waals surface area (Å²) in [5, 5.41) is 3.29. The molecule has 2 fully saturated rings. The quantitative estimate of drug-likeness (QED) is 0.922. The molecule has 2 aliphatic heterocycles. The molecular formula is C18H28N4O. The van der Waals surface area contributed by atoms with Crippen LogP contribution >= 0.6 is 0 Å². The SMILES string of the molecule is CCN1CCC(NC(=O)[C@H]2CCCN(c3ccccn3)C2)CC1. The highest BCUT2D eigenvalue weighted by Crippen LogP contribution is 2.22. The van der Waals surface area contributed by atoms with Gasteiger partial charge in [-0.3, -0.25) is 4.79 Å². The highest BCUT2D eigenvalue weighted by atomic mass is 16.2. The molecule has 5 nitrogen and oxygen atoms in total. The van der Waals surface area contributed by atoms with E-state index in [-0.39, 0.29) is 11.8 Å². The van der Waals surface area contributed by atoms with Crippen molar-refractivity contribution in [2.24, 2.45) is 5.92 Å². The second kappa shape index (κ2) is 7.77. The molecule has 0 spiro atoms. The lowest BCUT2D eigenvalue weighted by Crippen LogP contribution is -2.49. The Hall–Kier alpha value is -1.62. The lowest BCUT2D eigenvalue weighted by Gasteiger charge is -2.35. The molecule has 1 N–H and O–H groups in total. The second-order valence-corrected chi connectivity index (χ2v) is 6.69. The summed E-state index contributed by atoms with van der Waals surface area (Å²) in [6, 6.07) is 6.32. The van der Waals surface area contributed by atoms with Crippen LogP contribution in [0.4, 0.5) is 5.82 Å². The Labute approximate surface area is 139 Å². The second-order valence-electron chi connectivity index (χ2n) is 6.69. The van der Waals surface area contributed by atoms with E-state index in [1.807, 2.05) is 24.4 Å². The van der Waals surface area contributed by atoms with E-state index in [0.717, 1.165) is 64.2 Å². The highest BCUT2D eigenvalue weighted by Gasteiger charge is 2.28. The zero-order chi connectivity index (χ0) is 16.1. The van der Waals surface area contributed by atoms with Gasteiger partial charge in [-0.15, -0.1) is 0 Å². The van der Waals surface area contributed by atoms with Gasteiger partial charge in [0.25, 0.3) is 0 Å². The van der Waals surface area contributed by atoms with Crippen molar-refractivity contribution in [1.82, 2.24) is 15.2 Å². The minimum atomic E-state index is 0.0926. The van der Waals surface area contributed by atoms with E-state index < -0.39 is 0 Å². The molecule has 1 aromatic rings. The highest BCUT2D eigenvalue weighted by molar-refractivity contribution is 5.79. The number of likely N-dealkylation sites (tertiary alicyclic amines) is 1. The van der Waals surface area contributed by atoms with Crippen LogP contribution in [0.1, 0.15) is 32.6 Å². The average molecular weight is 316 g/mol. The van der Waals surface area contributed by atoms with Crippen LogP contribution in [0.2, 0.25) is 0 Å². The van der Waals surface area contributed by atoms with Crippen molar-refractivity contribution in [3.8, 4) is 0 Å². The zero-order valence-electron chi connectivity index (χ0n) is 14.1. The van der Waals surface area contributed by atoms with Gasteiger partial charge >= 0.3 is 0 Å². The van der Waals surface area contributed by atoms with Crippen molar-refractivity contribution in [2.75, 3.05) is 37.6 Å². The first-order valence-electron chi connectivity index (χ1n) is 8.95. The summed E-state index contributed by atoms with van der Waals surface area (Å²) in [6.07, 6.45) is 6.03. The minimum Gasteiger partial charge on any atom is -0.356 e. The van der Waals surface area contributed by atoms with Gasteiger partial charge in [0.1, 0.15) is 5.82 Å². The van der Waals surface area contributed by atoms with Crippen LogP contribution in [-0.4, -0.2) is 54.6 Å². The van der Waals surface area contributed by atoms with Crippen molar-refractivity contribution in [1.29, 1.82) is 0 Å². The predicted octanol–water partition coefficient (Wildman–Crippen LogP) is 1.90. The molecule has 0 bridgehead atoms. The molecular weight excluding hydrogens is 288 g/mol. The number of carbonyl (C=O) groups is 1. The van der Waals surface area contributed by atoms with Crippen LogP contribution in [0.25, 0.3) is 0 Å². The Balaban J connectivity index is 1.51. The Morgan fingerprint density at radius 3 is 2.78 bits per heavy atom. The van der Waals surface area contributed by atoms with Gasteiger partial charge < -0.3 is 15.1 Å². The molecule has 0 aromatic carbocycles. The van der Waals surface area contributed by atoms with Crippen LogP contribution < -0.4 is 10.2 Å². The summed E-state index contributed by atoms with van der Waals surface area (Å²) in [6.45, 7) is 7.31. The first kappa shape index (κ1) is 16.2. The standard InChI is InChI=1S/C18H28N4O/c1-2-21-12-8-16(9-13-21)20-18(23)15-6-5-11-22(14-15)17-7-3-4-10-19-17/h3-4,7,10,15-16H,2,5-6,8-9,11-14H2,1H3,(H,20,23)/t15-/m0/s1. The Morgan fingerprint density at radius 2 is 2.09 bits per heavy atom. The van der Waals surface area contributed by atoms with Gasteiger partial charge in [-0.1, -0.05) is 13.0 Å². The molecule has 0 radical (unpaired) electrons. The fourth-order valence-corrected chi connectivity index (χ4v) is 3.65. The molecule has 0 aliphatic carbocycles. The molecule has 126 valence electrons. The number of aromatic nitrogens is 1. The number of piperidine rings is 2. The zero-order valence-corrected chi connectivity index (χ0v) is 14.1. The first-order valence-corrected chi connectivity index (χ1v) is 8.95. The monoisotopic (exact) mass is 316 g/mol. The van der Waals surface area contributed by atoms with Crippen LogP contribution in [0.15, 0.2) is 24.4 Å². The fourth-order valence-electron chi connectivity index (χ4n) is 3.65. The summed E-state index contributed by atoms with van der Waals surface area (Å²) in [7, 11) is 0. The summed E-state index contributed by atoms with van der Waals surface area (Å²) in [4.78, 5) is 21.7. The molecule has 0 unspecified atom stereocenters. The molecule has 2 saturated heterocycles. The number of anilines is 1. The first-order chi connectivity index (χ1) is 11.3. The Bertz CT molecular complexity index is 499. The van der Waals surface area contributed by atoms with E-state index >= 15 is 0 Å². The summed E-state index contributed by atoms with van der Waals surface area (Å²) in [5.74, 6) is 1.32. The van der Waals surface area contributed by atoms with Crippen molar-refractivity contribution in [3.05, 3.63) is 24.4 Å². The lowest BCUT2D eigenvalue weighted by molar-refractivity contribution is -0.126.